The molecule has 0 fully saturated rings. The molecule has 1 unspecified atom stereocenters. The van der Waals surface area contributed by atoms with Gasteiger partial charge in [-0.05, 0) is 48.9 Å². The third-order valence-electron chi connectivity index (χ3n) is 5.95. The summed E-state index contributed by atoms with van der Waals surface area (Å²) in [5, 5.41) is 25.7. The maximum atomic E-state index is 13.9. The number of nitriles is 1. The Kier molecular flexibility index (Phi) is 6.77. The number of carbonyl (C=O) groups is 1. The van der Waals surface area contributed by atoms with Crippen molar-refractivity contribution < 1.29 is 27.8 Å². The molecule has 0 spiro atoms. The van der Waals surface area contributed by atoms with Gasteiger partial charge in [0.15, 0.2) is 0 Å². The molecular formula is C24H25F3N4O3. The van der Waals surface area contributed by atoms with E-state index in [4.69, 9.17) is 15.6 Å². The van der Waals surface area contributed by atoms with Crippen LogP contribution in [0.15, 0.2) is 35.7 Å². The predicted molar refractivity (Wildman–Crippen MR) is 118 cm³/mol. The van der Waals surface area contributed by atoms with E-state index in [-0.39, 0.29) is 34.9 Å². The third-order valence-corrected chi connectivity index (χ3v) is 5.95. The first kappa shape index (κ1) is 24.9. The zero-order valence-electron chi connectivity index (χ0n) is 19.0. The number of aryl methyl sites for hydroxylation is 1. The molecule has 2 aromatic rings. The number of carboxylic acids is 1. The van der Waals surface area contributed by atoms with Gasteiger partial charge in [0.05, 0.1) is 22.2 Å². The molecule has 1 aliphatic heterocycles. The maximum Gasteiger partial charge on any atom is 0.416 e. The van der Waals surface area contributed by atoms with Crippen LogP contribution in [-0.4, -0.2) is 21.3 Å². The number of H-pyrrole nitrogens is 1. The van der Waals surface area contributed by atoms with Crippen molar-refractivity contribution in [2.75, 3.05) is 0 Å². The maximum absolute atomic E-state index is 13.9. The molecule has 4 N–H and O–H groups in total. The van der Waals surface area contributed by atoms with Gasteiger partial charge < -0.3 is 15.6 Å². The predicted octanol–water partition coefficient (Wildman–Crippen LogP) is 5.03. The number of hydrogen-bond acceptors (Lipinski definition) is 5. The second kappa shape index (κ2) is 9.25. The summed E-state index contributed by atoms with van der Waals surface area (Å²) in [6.45, 7) is 5.28. The first-order valence-corrected chi connectivity index (χ1v) is 10.7. The lowest BCUT2D eigenvalue weighted by atomic mass is 9.61. The smallest absolute Gasteiger partial charge is 0.416 e. The Hall–Kier alpha value is -3.74. The van der Waals surface area contributed by atoms with Crippen LogP contribution in [0.4, 0.5) is 13.2 Å². The van der Waals surface area contributed by atoms with Crippen LogP contribution >= 0.6 is 0 Å². The van der Waals surface area contributed by atoms with Crippen molar-refractivity contribution in [3.05, 3.63) is 63.7 Å². The lowest BCUT2D eigenvalue weighted by Gasteiger charge is -2.41. The second-order valence-electron chi connectivity index (χ2n) is 8.46. The Labute approximate surface area is 194 Å². The zero-order valence-corrected chi connectivity index (χ0v) is 19.0. The van der Waals surface area contributed by atoms with Gasteiger partial charge in [0.1, 0.15) is 11.6 Å². The molecule has 3 rings (SSSR count). The van der Waals surface area contributed by atoms with Crippen molar-refractivity contribution in [1.82, 2.24) is 10.2 Å². The van der Waals surface area contributed by atoms with E-state index in [1.165, 1.54) is 6.08 Å². The summed E-state index contributed by atoms with van der Waals surface area (Å²) in [4.78, 5) is 10.7. The fourth-order valence-corrected chi connectivity index (χ4v) is 4.50. The molecule has 0 amide bonds. The number of allylic oxidation sites excluding steroid dienone is 2. The number of aromatic nitrogens is 2. The topological polar surface area (TPSA) is 125 Å². The average molecular weight is 474 g/mol. The molecule has 1 aliphatic rings. The summed E-state index contributed by atoms with van der Waals surface area (Å²) in [6.07, 6.45) is -0.759. The number of aliphatic carboxylic acids is 1. The SMILES string of the molecule is Cc1n[nH]c2c1C(c1cc(/C=C/CCCC(=O)O)cc(C(F)(F)F)c1)(C(C)C)C(C#N)=C(N)O2. The van der Waals surface area contributed by atoms with Crippen LogP contribution in [0.5, 0.6) is 5.88 Å². The molecule has 1 aromatic heterocycles. The number of aromatic amines is 1. The second-order valence-corrected chi connectivity index (χ2v) is 8.46. The van der Waals surface area contributed by atoms with Crippen LogP contribution in [-0.2, 0) is 16.4 Å². The summed E-state index contributed by atoms with van der Waals surface area (Å²) in [7, 11) is 0. The normalized spacial score (nSPS) is 18.2. The molecule has 1 aromatic carbocycles. The number of alkyl halides is 3. The van der Waals surface area contributed by atoms with Gasteiger partial charge in [0.25, 0.3) is 0 Å². The number of unbranched alkanes of at least 4 members (excludes halogenated alkanes) is 1. The number of nitrogens with zero attached hydrogens (tertiary/aromatic N) is 2. The molecule has 2 heterocycles. The minimum atomic E-state index is -4.64. The Morgan fingerprint density at radius 2 is 2.09 bits per heavy atom. The van der Waals surface area contributed by atoms with Crippen LogP contribution in [0.1, 0.15) is 61.1 Å². The fraction of sp³-hybridized carbons (Fsp3) is 0.375. The van der Waals surface area contributed by atoms with Gasteiger partial charge in [-0.25, -0.2) is 5.10 Å². The van der Waals surface area contributed by atoms with E-state index in [2.05, 4.69) is 16.3 Å². The molecule has 0 bridgehead atoms. The lowest BCUT2D eigenvalue weighted by Crippen LogP contribution is -2.41. The summed E-state index contributed by atoms with van der Waals surface area (Å²) in [6, 6.07) is 5.71. The lowest BCUT2D eigenvalue weighted by molar-refractivity contribution is -0.138. The Balaban J connectivity index is 2.26. The molecule has 0 radical (unpaired) electrons. The number of ether oxygens (including phenoxy) is 1. The van der Waals surface area contributed by atoms with E-state index < -0.39 is 29.0 Å². The van der Waals surface area contributed by atoms with Crippen LogP contribution in [0.2, 0.25) is 0 Å². The minimum Gasteiger partial charge on any atom is -0.481 e. The van der Waals surface area contributed by atoms with Crippen molar-refractivity contribution >= 4 is 12.0 Å². The number of carboxylic acid groups (broad SMARTS) is 1. The van der Waals surface area contributed by atoms with Crippen LogP contribution in [0.3, 0.4) is 0 Å². The molecule has 0 saturated heterocycles. The largest absolute Gasteiger partial charge is 0.481 e. The number of nitrogens with one attached hydrogen (secondary N) is 1. The average Bonchev–Trinajstić information content (AvgIpc) is 3.11. The molecular weight excluding hydrogens is 449 g/mol. The van der Waals surface area contributed by atoms with Gasteiger partial charge >= 0.3 is 12.1 Å². The first-order chi connectivity index (χ1) is 15.9. The molecule has 0 saturated carbocycles. The van der Waals surface area contributed by atoms with Gasteiger partial charge in [-0.15, -0.1) is 0 Å². The first-order valence-electron chi connectivity index (χ1n) is 10.7. The molecule has 0 aliphatic carbocycles. The highest BCUT2D eigenvalue weighted by Gasteiger charge is 2.51. The van der Waals surface area contributed by atoms with E-state index in [9.17, 15) is 23.2 Å². The highest BCUT2D eigenvalue weighted by molar-refractivity contribution is 5.67. The Bertz CT molecular complexity index is 1210. The fourth-order valence-electron chi connectivity index (χ4n) is 4.50. The third kappa shape index (κ3) is 4.38. The number of nitrogens with two attached hydrogens (primary N) is 1. The van der Waals surface area contributed by atoms with Crippen LogP contribution < -0.4 is 10.5 Å². The van der Waals surface area contributed by atoms with Crippen molar-refractivity contribution in [3.63, 3.8) is 0 Å². The highest BCUT2D eigenvalue weighted by atomic mass is 19.4. The highest BCUT2D eigenvalue weighted by Crippen LogP contribution is 2.53. The monoisotopic (exact) mass is 474 g/mol. The van der Waals surface area contributed by atoms with E-state index in [0.29, 0.717) is 24.1 Å². The molecule has 34 heavy (non-hydrogen) atoms. The minimum absolute atomic E-state index is 0.00946. The number of hydrogen-bond donors (Lipinski definition) is 3. The molecule has 1 atom stereocenters. The molecule has 7 nitrogen and oxygen atoms in total. The van der Waals surface area contributed by atoms with Gasteiger partial charge in [-0.2, -0.15) is 23.5 Å². The van der Waals surface area contributed by atoms with Crippen molar-refractivity contribution in [2.24, 2.45) is 11.7 Å². The number of rotatable bonds is 7. The van der Waals surface area contributed by atoms with Gasteiger partial charge in [0, 0.05) is 6.42 Å². The van der Waals surface area contributed by atoms with Gasteiger partial charge in [0.2, 0.25) is 11.8 Å². The Morgan fingerprint density at radius 3 is 2.68 bits per heavy atom. The summed E-state index contributed by atoms with van der Waals surface area (Å²) in [5.41, 5.74) is 5.31. The number of fused-ring (bicyclic) bond motifs is 1. The van der Waals surface area contributed by atoms with Gasteiger partial charge in [-0.1, -0.05) is 32.1 Å². The quantitative estimate of drug-likeness (QED) is 0.483. The van der Waals surface area contributed by atoms with Crippen molar-refractivity contribution in [3.8, 4) is 11.9 Å². The summed E-state index contributed by atoms with van der Waals surface area (Å²) < 4.78 is 47.3. The van der Waals surface area contributed by atoms with Gasteiger partial charge in [-0.3, -0.25) is 4.79 Å². The standard InChI is InChI=1S/C24H25F3N4O3/c1-13(2)23(18(12-28)21(29)34-22-20(23)14(3)30-31-22)16-9-15(7-5-4-6-8-19(32)33)10-17(11-16)24(25,26)27/h5,7,9-11,13H,4,6,8,29H2,1-3H3,(H,30,31)(H,32,33)/b7-5+. The number of halogens is 3. The van der Waals surface area contributed by atoms with Crippen molar-refractivity contribution in [2.45, 2.75) is 51.6 Å². The molecule has 180 valence electrons. The summed E-state index contributed by atoms with van der Waals surface area (Å²) >= 11 is 0. The van der Waals surface area contributed by atoms with Crippen molar-refractivity contribution in [1.29, 1.82) is 5.26 Å². The Morgan fingerprint density at radius 1 is 1.38 bits per heavy atom. The molecule has 10 heteroatoms. The van der Waals surface area contributed by atoms with E-state index in [0.717, 1.165) is 12.1 Å². The van der Waals surface area contributed by atoms with E-state index in [1.807, 2.05) is 0 Å². The number of benzene rings is 1. The van der Waals surface area contributed by atoms with E-state index in [1.54, 1.807) is 32.9 Å². The summed E-state index contributed by atoms with van der Waals surface area (Å²) in [5.74, 6) is -1.34. The van der Waals surface area contributed by atoms with Crippen LogP contribution in [0, 0.1) is 24.2 Å². The zero-order chi connectivity index (χ0) is 25.3. The van der Waals surface area contributed by atoms with E-state index >= 15 is 0 Å². The van der Waals surface area contributed by atoms with Crippen LogP contribution in [0.25, 0.3) is 6.08 Å².